The minimum absolute atomic E-state index is 0.968. The Balaban J connectivity index is 2.11. The molecular weight excluding hydrogens is 120 g/mol. The molecule has 2 aliphatic rings. The molecule has 2 aliphatic carbocycles. The second kappa shape index (κ2) is 2.41. The Hall–Kier alpha value is -0.260. The third kappa shape index (κ3) is 0.902. The summed E-state index contributed by atoms with van der Waals surface area (Å²) in [6.07, 6.45) is 9.68. The Morgan fingerprint density at radius 2 is 2.30 bits per heavy atom. The fourth-order valence-corrected chi connectivity index (χ4v) is 2.47. The molecule has 2 atom stereocenters. The van der Waals surface area contributed by atoms with Crippen molar-refractivity contribution in [3.05, 3.63) is 11.6 Å². The highest BCUT2D eigenvalue weighted by molar-refractivity contribution is 5.16. The van der Waals surface area contributed by atoms with Crippen molar-refractivity contribution in [1.29, 1.82) is 0 Å². The van der Waals surface area contributed by atoms with Gasteiger partial charge in [-0.1, -0.05) is 25.0 Å². The molecular formula is C10H16. The van der Waals surface area contributed by atoms with Crippen LogP contribution >= 0.6 is 0 Å². The van der Waals surface area contributed by atoms with Crippen LogP contribution in [-0.2, 0) is 0 Å². The highest BCUT2D eigenvalue weighted by Crippen LogP contribution is 2.41. The van der Waals surface area contributed by atoms with Gasteiger partial charge in [-0.15, -0.1) is 0 Å². The minimum atomic E-state index is 0.968. The first-order valence-electron chi connectivity index (χ1n) is 4.57. The van der Waals surface area contributed by atoms with E-state index < -0.39 is 0 Å². The average molecular weight is 136 g/mol. The van der Waals surface area contributed by atoms with Crippen LogP contribution in [0.25, 0.3) is 0 Å². The van der Waals surface area contributed by atoms with Crippen molar-refractivity contribution >= 4 is 0 Å². The van der Waals surface area contributed by atoms with Gasteiger partial charge in [0.25, 0.3) is 0 Å². The number of hydrogen-bond donors (Lipinski definition) is 0. The zero-order valence-corrected chi connectivity index (χ0v) is 6.77. The molecule has 1 saturated carbocycles. The van der Waals surface area contributed by atoms with Gasteiger partial charge in [0.05, 0.1) is 0 Å². The monoisotopic (exact) mass is 136 g/mol. The number of fused-ring (bicyclic) bond motifs is 1. The van der Waals surface area contributed by atoms with Gasteiger partial charge in [0.1, 0.15) is 0 Å². The third-order valence-corrected chi connectivity index (χ3v) is 3.15. The van der Waals surface area contributed by atoms with Crippen LogP contribution in [0.4, 0.5) is 0 Å². The summed E-state index contributed by atoms with van der Waals surface area (Å²) in [5.41, 5.74) is 1.79. The normalized spacial score (nSPS) is 39.1. The fourth-order valence-electron chi connectivity index (χ4n) is 2.47. The van der Waals surface area contributed by atoms with E-state index in [4.69, 9.17) is 0 Å². The van der Waals surface area contributed by atoms with Gasteiger partial charge in [-0.05, 0) is 37.5 Å². The Morgan fingerprint density at radius 3 is 3.10 bits per heavy atom. The smallest absolute Gasteiger partial charge is 0.0175 e. The molecule has 0 aliphatic heterocycles. The molecule has 0 nitrogen and oxygen atoms in total. The van der Waals surface area contributed by atoms with E-state index in [2.05, 4.69) is 13.0 Å². The molecule has 0 heterocycles. The second-order valence-corrected chi connectivity index (χ2v) is 3.84. The molecule has 0 amide bonds. The lowest BCUT2D eigenvalue weighted by atomic mass is 9.81. The van der Waals surface area contributed by atoms with Crippen molar-refractivity contribution in [2.24, 2.45) is 11.8 Å². The van der Waals surface area contributed by atoms with Crippen LogP contribution in [0.5, 0.6) is 0 Å². The maximum atomic E-state index is 2.49. The number of rotatable bonds is 0. The largest absolute Gasteiger partial charge is 0.0848 e. The molecule has 0 aromatic rings. The molecule has 56 valence electrons. The molecule has 0 heteroatoms. The summed E-state index contributed by atoms with van der Waals surface area (Å²) >= 11 is 0. The van der Waals surface area contributed by atoms with Crippen molar-refractivity contribution in [3.63, 3.8) is 0 Å². The van der Waals surface area contributed by atoms with Gasteiger partial charge in [0, 0.05) is 0 Å². The van der Waals surface area contributed by atoms with Crippen LogP contribution < -0.4 is 0 Å². The average Bonchev–Trinajstić information content (AvgIpc) is 2.34. The van der Waals surface area contributed by atoms with Crippen LogP contribution in [0, 0.1) is 11.8 Å². The number of hydrogen-bond acceptors (Lipinski definition) is 0. The first-order chi connectivity index (χ1) is 4.88. The molecule has 2 unspecified atom stereocenters. The van der Waals surface area contributed by atoms with Gasteiger partial charge in [-0.2, -0.15) is 0 Å². The van der Waals surface area contributed by atoms with E-state index in [0.29, 0.717) is 0 Å². The zero-order chi connectivity index (χ0) is 6.97. The second-order valence-electron chi connectivity index (χ2n) is 3.84. The van der Waals surface area contributed by atoms with Crippen molar-refractivity contribution in [1.82, 2.24) is 0 Å². The van der Waals surface area contributed by atoms with Crippen LogP contribution in [0.1, 0.15) is 39.0 Å². The van der Waals surface area contributed by atoms with Gasteiger partial charge in [0.15, 0.2) is 0 Å². The molecule has 0 radical (unpaired) electrons. The quantitative estimate of drug-likeness (QED) is 0.449. The standard InChI is InChI=1S/C10H16/c1-8-6-7-9-4-2-3-5-10(8)9/h7-8,10H,2-6H2,1H3. The molecule has 0 saturated heterocycles. The lowest BCUT2D eigenvalue weighted by Crippen LogP contribution is -2.12. The van der Waals surface area contributed by atoms with E-state index in [-0.39, 0.29) is 0 Å². The molecule has 0 spiro atoms. The van der Waals surface area contributed by atoms with Crippen molar-refractivity contribution in [2.75, 3.05) is 0 Å². The zero-order valence-electron chi connectivity index (χ0n) is 6.77. The van der Waals surface area contributed by atoms with E-state index in [0.717, 1.165) is 11.8 Å². The number of allylic oxidation sites excluding steroid dienone is 2. The van der Waals surface area contributed by atoms with Crippen LogP contribution in [0.15, 0.2) is 11.6 Å². The molecule has 10 heavy (non-hydrogen) atoms. The molecule has 2 rings (SSSR count). The van der Waals surface area contributed by atoms with Gasteiger partial charge in [-0.25, -0.2) is 0 Å². The summed E-state index contributed by atoms with van der Waals surface area (Å²) in [5.74, 6) is 1.96. The van der Waals surface area contributed by atoms with Crippen molar-refractivity contribution in [3.8, 4) is 0 Å². The topological polar surface area (TPSA) is 0 Å². The van der Waals surface area contributed by atoms with E-state index >= 15 is 0 Å². The van der Waals surface area contributed by atoms with Gasteiger partial charge in [0.2, 0.25) is 0 Å². The molecule has 0 bridgehead atoms. The molecule has 0 aromatic heterocycles. The minimum Gasteiger partial charge on any atom is -0.0848 e. The first-order valence-corrected chi connectivity index (χ1v) is 4.57. The third-order valence-electron chi connectivity index (χ3n) is 3.15. The van der Waals surface area contributed by atoms with Crippen LogP contribution in [0.2, 0.25) is 0 Å². The van der Waals surface area contributed by atoms with E-state index in [1.165, 1.54) is 32.1 Å². The lowest BCUT2D eigenvalue weighted by Gasteiger charge is -2.24. The Morgan fingerprint density at radius 1 is 1.40 bits per heavy atom. The van der Waals surface area contributed by atoms with Gasteiger partial charge < -0.3 is 0 Å². The lowest BCUT2D eigenvalue weighted by molar-refractivity contribution is 0.366. The Kier molecular flexibility index (Phi) is 1.55. The predicted octanol–water partition coefficient (Wildman–Crippen LogP) is 3.14. The summed E-state index contributed by atoms with van der Waals surface area (Å²) in [4.78, 5) is 0. The summed E-state index contributed by atoms with van der Waals surface area (Å²) < 4.78 is 0. The van der Waals surface area contributed by atoms with Crippen molar-refractivity contribution in [2.45, 2.75) is 39.0 Å². The maximum Gasteiger partial charge on any atom is -0.0175 e. The van der Waals surface area contributed by atoms with Crippen LogP contribution in [-0.4, -0.2) is 0 Å². The molecule has 0 aromatic carbocycles. The van der Waals surface area contributed by atoms with E-state index in [1.807, 2.05) is 0 Å². The highest BCUT2D eigenvalue weighted by Gasteiger charge is 2.27. The van der Waals surface area contributed by atoms with Crippen molar-refractivity contribution < 1.29 is 0 Å². The molecule has 1 fully saturated rings. The Labute approximate surface area is 63.3 Å². The summed E-state index contributed by atoms with van der Waals surface area (Å²) in [7, 11) is 0. The van der Waals surface area contributed by atoms with Crippen LogP contribution in [0.3, 0.4) is 0 Å². The van der Waals surface area contributed by atoms with Gasteiger partial charge >= 0.3 is 0 Å². The van der Waals surface area contributed by atoms with E-state index in [9.17, 15) is 0 Å². The SMILES string of the molecule is CC1CC=C2CCCCC21. The first kappa shape index (κ1) is 6.45. The van der Waals surface area contributed by atoms with Gasteiger partial charge in [-0.3, -0.25) is 0 Å². The summed E-state index contributed by atoms with van der Waals surface area (Å²) in [6.45, 7) is 2.40. The Bertz CT molecular complexity index is 155. The molecule has 0 N–H and O–H groups in total. The maximum absolute atomic E-state index is 2.49. The summed E-state index contributed by atoms with van der Waals surface area (Å²) in [5, 5.41) is 0. The summed E-state index contributed by atoms with van der Waals surface area (Å²) in [6, 6.07) is 0. The fraction of sp³-hybridized carbons (Fsp3) is 0.800. The highest BCUT2D eigenvalue weighted by atomic mass is 14.3. The van der Waals surface area contributed by atoms with E-state index in [1.54, 1.807) is 5.57 Å². The predicted molar refractivity (Wildman–Crippen MR) is 43.8 cm³/mol.